The third-order valence-electron chi connectivity index (χ3n) is 5.50. The highest BCUT2D eigenvalue weighted by atomic mass is 16.1. The lowest BCUT2D eigenvalue weighted by Crippen LogP contribution is -2.20. The van der Waals surface area contributed by atoms with E-state index in [0.717, 1.165) is 37.5 Å². The molecule has 1 aromatic carbocycles. The van der Waals surface area contributed by atoms with Crippen molar-refractivity contribution < 1.29 is 4.79 Å². The van der Waals surface area contributed by atoms with E-state index in [9.17, 15) is 4.79 Å². The van der Waals surface area contributed by atoms with Gasteiger partial charge in [-0.15, -0.1) is 10.2 Å². The van der Waals surface area contributed by atoms with Crippen molar-refractivity contribution >= 4 is 17.2 Å². The van der Waals surface area contributed by atoms with Gasteiger partial charge in [-0.1, -0.05) is 30.3 Å². The van der Waals surface area contributed by atoms with Crippen LogP contribution in [0.2, 0.25) is 0 Å². The normalized spacial score (nSPS) is 16.7. The quantitative estimate of drug-likeness (QED) is 0.558. The zero-order valence-corrected chi connectivity index (χ0v) is 16.5. The molecule has 1 fully saturated rings. The van der Waals surface area contributed by atoms with Crippen LogP contribution in [0, 0.1) is 0 Å². The van der Waals surface area contributed by atoms with Crippen molar-refractivity contribution in [3.63, 3.8) is 0 Å². The molecule has 4 heterocycles. The number of anilines is 1. The number of benzene rings is 1. The molecule has 0 radical (unpaired) electrons. The Morgan fingerprint density at radius 1 is 1.07 bits per heavy atom. The summed E-state index contributed by atoms with van der Waals surface area (Å²) in [5.74, 6) is 1.03. The minimum atomic E-state index is -0.179. The van der Waals surface area contributed by atoms with Crippen molar-refractivity contribution in [1.29, 1.82) is 0 Å². The van der Waals surface area contributed by atoms with E-state index in [-0.39, 0.29) is 5.91 Å². The number of likely N-dealkylation sites (tertiary alicyclic amines) is 1. The number of carbonyl (C=O) groups excluding carboxylic acids is 1. The Bertz CT molecular complexity index is 1160. The van der Waals surface area contributed by atoms with Crippen molar-refractivity contribution in [2.45, 2.75) is 18.9 Å². The van der Waals surface area contributed by atoms with Crippen molar-refractivity contribution in [2.75, 3.05) is 18.4 Å². The van der Waals surface area contributed by atoms with Gasteiger partial charge in [0.2, 0.25) is 0 Å². The number of nitrogens with zero attached hydrogens (tertiary/aromatic N) is 5. The molecule has 150 valence electrons. The third kappa shape index (κ3) is 3.79. The predicted octanol–water partition coefficient (Wildman–Crippen LogP) is 3.37. The number of hydrogen-bond donors (Lipinski definition) is 1. The Balaban J connectivity index is 1.34. The number of carbonyl (C=O) groups is 1. The van der Waals surface area contributed by atoms with Gasteiger partial charge in [0, 0.05) is 31.4 Å². The Hall–Kier alpha value is -3.58. The molecular formula is C23H22N6O. The first-order chi connectivity index (χ1) is 14.8. The SMILES string of the molecule is O=C(Nc1cccnc1)c1ccc2nnc(C3CCN(Cc4ccccc4)C3)n2c1. The smallest absolute Gasteiger partial charge is 0.257 e. The first-order valence-corrected chi connectivity index (χ1v) is 10.1. The van der Waals surface area contributed by atoms with Gasteiger partial charge in [-0.2, -0.15) is 0 Å². The van der Waals surface area contributed by atoms with Crippen LogP contribution >= 0.6 is 0 Å². The molecule has 7 nitrogen and oxygen atoms in total. The zero-order chi connectivity index (χ0) is 20.3. The number of aromatic nitrogens is 4. The van der Waals surface area contributed by atoms with Gasteiger partial charge in [-0.05, 0) is 42.8 Å². The minimum absolute atomic E-state index is 0.179. The van der Waals surface area contributed by atoms with Crippen LogP contribution in [0.25, 0.3) is 5.65 Å². The number of rotatable bonds is 5. The monoisotopic (exact) mass is 398 g/mol. The van der Waals surface area contributed by atoms with Crippen molar-refractivity contribution in [3.8, 4) is 0 Å². The minimum Gasteiger partial charge on any atom is -0.321 e. The van der Waals surface area contributed by atoms with E-state index in [2.05, 4.69) is 49.7 Å². The molecule has 0 spiro atoms. The highest BCUT2D eigenvalue weighted by Gasteiger charge is 2.27. The molecule has 1 amide bonds. The maximum Gasteiger partial charge on any atom is 0.257 e. The topological polar surface area (TPSA) is 75.4 Å². The summed E-state index contributed by atoms with van der Waals surface area (Å²) in [6.07, 6.45) is 6.16. The fraction of sp³-hybridized carbons (Fsp3) is 0.217. The van der Waals surface area contributed by atoms with Gasteiger partial charge < -0.3 is 5.32 Å². The van der Waals surface area contributed by atoms with Gasteiger partial charge in [0.15, 0.2) is 5.65 Å². The summed E-state index contributed by atoms with van der Waals surface area (Å²) in [5.41, 5.74) is 3.30. The largest absolute Gasteiger partial charge is 0.321 e. The summed E-state index contributed by atoms with van der Waals surface area (Å²) >= 11 is 0. The molecule has 1 atom stereocenters. The Kier molecular flexibility index (Phi) is 4.94. The highest BCUT2D eigenvalue weighted by Crippen LogP contribution is 2.27. The van der Waals surface area contributed by atoms with Crippen LogP contribution in [0.15, 0.2) is 73.2 Å². The van der Waals surface area contributed by atoms with E-state index in [4.69, 9.17) is 0 Å². The molecule has 1 N–H and O–H groups in total. The molecule has 4 aromatic rings. The van der Waals surface area contributed by atoms with Crippen molar-refractivity contribution in [3.05, 3.63) is 90.1 Å². The summed E-state index contributed by atoms with van der Waals surface area (Å²) < 4.78 is 1.95. The molecule has 30 heavy (non-hydrogen) atoms. The fourth-order valence-corrected chi connectivity index (χ4v) is 3.99. The molecule has 1 aliphatic heterocycles. The second-order valence-corrected chi connectivity index (χ2v) is 7.61. The maximum atomic E-state index is 12.7. The van der Waals surface area contributed by atoms with Crippen LogP contribution in [0.4, 0.5) is 5.69 Å². The Morgan fingerprint density at radius 3 is 2.80 bits per heavy atom. The third-order valence-corrected chi connectivity index (χ3v) is 5.50. The van der Waals surface area contributed by atoms with Crippen LogP contribution < -0.4 is 5.32 Å². The lowest BCUT2D eigenvalue weighted by atomic mass is 10.1. The average Bonchev–Trinajstić information content (AvgIpc) is 3.41. The molecule has 0 aliphatic carbocycles. The van der Waals surface area contributed by atoms with E-state index in [1.165, 1.54) is 5.56 Å². The van der Waals surface area contributed by atoms with Crippen molar-refractivity contribution in [1.82, 2.24) is 24.5 Å². The molecule has 7 heteroatoms. The van der Waals surface area contributed by atoms with Gasteiger partial charge in [0.1, 0.15) is 5.82 Å². The second-order valence-electron chi connectivity index (χ2n) is 7.61. The predicted molar refractivity (Wildman–Crippen MR) is 114 cm³/mol. The van der Waals surface area contributed by atoms with E-state index in [1.807, 2.05) is 28.8 Å². The number of nitrogens with one attached hydrogen (secondary N) is 1. The first-order valence-electron chi connectivity index (χ1n) is 10.1. The molecule has 3 aromatic heterocycles. The zero-order valence-electron chi connectivity index (χ0n) is 16.5. The summed E-state index contributed by atoms with van der Waals surface area (Å²) in [7, 11) is 0. The number of pyridine rings is 2. The molecular weight excluding hydrogens is 376 g/mol. The summed E-state index contributed by atoms with van der Waals surface area (Å²) in [5, 5.41) is 11.6. The van der Waals surface area contributed by atoms with Crippen LogP contribution in [0.5, 0.6) is 0 Å². The molecule has 0 bridgehead atoms. The number of hydrogen-bond acceptors (Lipinski definition) is 5. The van der Waals surface area contributed by atoms with Crippen molar-refractivity contribution in [2.24, 2.45) is 0 Å². The summed E-state index contributed by atoms with van der Waals surface area (Å²) in [4.78, 5) is 19.1. The fourth-order valence-electron chi connectivity index (χ4n) is 3.99. The van der Waals surface area contributed by atoms with Gasteiger partial charge in [-0.25, -0.2) is 0 Å². The van der Waals surface area contributed by atoms with Gasteiger partial charge in [0.25, 0.3) is 5.91 Å². The summed E-state index contributed by atoms with van der Waals surface area (Å²) in [6.45, 7) is 2.89. The molecule has 1 unspecified atom stereocenters. The molecule has 1 aliphatic rings. The van der Waals surface area contributed by atoms with Gasteiger partial charge in [-0.3, -0.25) is 19.1 Å². The first kappa shape index (κ1) is 18.4. The van der Waals surface area contributed by atoms with E-state index < -0.39 is 0 Å². The van der Waals surface area contributed by atoms with Crippen LogP contribution in [-0.2, 0) is 6.54 Å². The van der Waals surface area contributed by atoms with E-state index in [0.29, 0.717) is 17.2 Å². The van der Waals surface area contributed by atoms with Crippen LogP contribution in [-0.4, -0.2) is 43.5 Å². The van der Waals surface area contributed by atoms with Crippen LogP contribution in [0.1, 0.15) is 34.1 Å². The average molecular weight is 398 g/mol. The van der Waals surface area contributed by atoms with Gasteiger partial charge >= 0.3 is 0 Å². The summed E-state index contributed by atoms with van der Waals surface area (Å²) in [6, 6.07) is 17.7. The number of amides is 1. The van der Waals surface area contributed by atoms with E-state index in [1.54, 1.807) is 24.5 Å². The van der Waals surface area contributed by atoms with E-state index >= 15 is 0 Å². The standard InChI is InChI=1S/C23H22N6O/c30-23(25-20-7-4-11-24-13-20)19-8-9-21-26-27-22(29(21)16-19)18-10-12-28(15-18)14-17-5-2-1-3-6-17/h1-9,11,13,16,18H,10,12,14-15H2,(H,25,30). The van der Waals surface area contributed by atoms with Crippen LogP contribution in [0.3, 0.4) is 0 Å². The highest BCUT2D eigenvalue weighted by molar-refractivity contribution is 6.04. The molecule has 0 saturated carbocycles. The lowest BCUT2D eigenvalue weighted by molar-refractivity contribution is 0.102. The Labute approximate surface area is 174 Å². The number of fused-ring (bicyclic) bond motifs is 1. The Morgan fingerprint density at radius 2 is 1.97 bits per heavy atom. The lowest BCUT2D eigenvalue weighted by Gasteiger charge is -2.15. The maximum absolute atomic E-state index is 12.7. The second kappa shape index (κ2) is 8.04. The van der Waals surface area contributed by atoms with Gasteiger partial charge in [0.05, 0.1) is 17.4 Å². The molecule has 5 rings (SSSR count). The molecule has 1 saturated heterocycles.